The number of likely N-dealkylation sites (tertiary alicyclic amines) is 1. The van der Waals surface area contributed by atoms with Gasteiger partial charge in [0.15, 0.2) is 6.29 Å². The Kier molecular flexibility index (Phi) is 7.02. The third kappa shape index (κ3) is 5.52. The maximum absolute atomic E-state index is 13.6. The largest absolute Gasteiger partial charge is 0.373 e. The molecule has 2 heterocycles. The molecule has 2 aliphatic rings. The molecule has 0 aromatic heterocycles. The lowest BCUT2D eigenvalue weighted by molar-refractivity contribution is -0.165. The van der Waals surface area contributed by atoms with Crippen LogP contribution in [-0.2, 0) is 20.8 Å². The predicted octanol–water partition coefficient (Wildman–Crippen LogP) is 3.35. The minimum atomic E-state index is -0.183. The molecule has 2 aliphatic heterocycles. The molecule has 0 bridgehead atoms. The molecular formula is C19H28FNO3. The summed E-state index contributed by atoms with van der Waals surface area (Å²) in [5.74, 6) is -0.183. The first kappa shape index (κ1) is 17.8. The maximum Gasteiger partial charge on any atom is 0.157 e. The van der Waals surface area contributed by atoms with Crippen LogP contribution in [0, 0.1) is 5.82 Å². The average Bonchev–Trinajstić information content (AvgIpc) is 2.63. The second-order valence-corrected chi connectivity index (χ2v) is 6.61. The van der Waals surface area contributed by atoms with Crippen LogP contribution < -0.4 is 0 Å². The van der Waals surface area contributed by atoms with E-state index in [0.29, 0.717) is 12.2 Å². The van der Waals surface area contributed by atoms with Crippen molar-refractivity contribution in [2.24, 2.45) is 0 Å². The molecule has 3 rings (SSSR count). The smallest absolute Gasteiger partial charge is 0.157 e. The highest BCUT2D eigenvalue weighted by Crippen LogP contribution is 2.17. The summed E-state index contributed by atoms with van der Waals surface area (Å²) in [6, 6.07) is 6.82. The normalized spacial score (nSPS) is 23.5. The summed E-state index contributed by atoms with van der Waals surface area (Å²) in [5, 5.41) is 0. The number of halogens is 1. The van der Waals surface area contributed by atoms with Gasteiger partial charge in [0.05, 0.1) is 19.3 Å². The molecule has 4 nitrogen and oxygen atoms in total. The predicted molar refractivity (Wildman–Crippen MR) is 90.2 cm³/mol. The molecule has 0 aliphatic carbocycles. The molecule has 0 saturated carbocycles. The van der Waals surface area contributed by atoms with Gasteiger partial charge in [-0.25, -0.2) is 4.39 Å². The molecule has 2 saturated heterocycles. The quantitative estimate of drug-likeness (QED) is 0.763. The first-order valence-corrected chi connectivity index (χ1v) is 9.12. The molecule has 0 amide bonds. The Balaban J connectivity index is 1.29. The van der Waals surface area contributed by atoms with Crippen molar-refractivity contribution in [2.45, 2.75) is 51.1 Å². The molecule has 5 heteroatoms. The summed E-state index contributed by atoms with van der Waals surface area (Å²) in [6.07, 6.45) is 5.59. The molecule has 0 N–H and O–H groups in total. The standard InChI is InChI=1S/C19H28FNO3/c20-18-6-2-1-5-16(18)15-24-17-8-10-21(11-9-17)12-14-23-19-7-3-4-13-22-19/h1-2,5-6,17,19H,3-4,7-15H2/t19-/m1/s1. The van der Waals surface area contributed by atoms with Crippen molar-refractivity contribution < 1.29 is 18.6 Å². The number of rotatable bonds is 7. The van der Waals surface area contributed by atoms with E-state index in [1.165, 1.54) is 12.5 Å². The van der Waals surface area contributed by atoms with Crippen LogP contribution in [0.2, 0.25) is 0 Å². The van der Waals surface area contributed by atoms with Gasteiger partial charge in [-0.05, 0) is 38.2 Å². The maximum atomic E-state index is 13.6. The zero-order valence-electron chi connectivity index (χ0n) is 14.3. The number of nitrogens with zero attached hydrogens (tertiary/aromatic N) is 1. The minimum Gasteiger partial charge on any atom is -0.373 e. The van der Waals surface area contributed by atoms with Gasteiger partial charge in [0.1, 0.15) is 5.82 Å². The van der Waals surface area contributed by atoms with Gasteiger partial charge in [0.2, 0.25) is 0 Å². The van der Waals surface area contributed by atoms with E-state index in [2.05, 4.69) is 4.90 Å². The van der Waals surface area contributed by atoms with E-state index in [1.807, 2.05) is 6.07 Å². The van der Waals surface area contributed by atoms with E-state index in [9.17, 15) is 4.39 Å². The van der Waals surface area contributed by atoms with Crippen molar-refractivity contribution in [2.75, 3.05) is 32.8 Å². The Hall–Kier alpha value is -1.01. The Morgan fingerprint density at radius 2 is 1.92 bits per heavy atom. The van der Waals surface area contributed by atoms with Crippen molar-refractivity contribution in [3.8, 4) is 0 Å². The Labute approximate surface area is 143 Å². The fraction of sp³-hybridized carbons (Fsp3) is 0.684. The van der Waals surface area contributed by atoms with E-state index in [0.717, 1.165) is 58.5 Å². The first-order chi connectivity index (χ1) is 11.8. The van der Waals surface area contributed by atoms with Crippen LogP contribution in [-0.4, -0.2) is 50.1 Å². The highest BCUT2D eigenvalue weighted by atomic mass is 19.1. The van der Waals surface area contributed by atoms with Gasteiger partial charge in [0, 0.05) is 31.8 Å². The minimum absolute atomic E-state index is 0.000362. The van der Waals surface area contributed by atoms with E-state index in [4.69, 9.17) is 14.2 Å². The van der Waals surface area contributed by atoms with Gasteiger partial charge in [-0.15, -0.1) is 0 Å². The lowest BCUT2D eigenvalue weighted by Gasteiger charge is -2.32. The summed E-state index contributed by atoms with van der Waals surface area (Å²) in [6.45, 7) is 4.88. The third-order valence-corrected chi connectivity index (χ3v) is 4.82. The van der Waals surface area contributed by atoms with Gasteiger partial charge in [-0.2, -0.15) is 0 Å². The van der Waals surface area contributed by atoms with Crippen LogP contribution >= 0.6 is 0 Å². The molecule has 1 aromatic carbocycles. The van der Waals surface area contributed by atoms with Crippen molar-refractivity contribution in [1.29, 1.82) is 0 Å². The van der Waals surface area contributed by atoms with Gasteiger partial charge >= 0.3 is 0 Å². The summed E-state index contributed by atoms with van der Waals surface area (Å²) in [4.78, 5) is 2.41. The number of ether oxygens (including phenoxy) is 3. The zero-order chi connectivity index (χ0) is 16.6. The Bertz CT molecular complexity index is 485. The summed E-state index contributed by atoms with van der Waals surface area (Å²) in [5.41, 5.74) is 0.640. The lowest BCUT2D eigenvalue weighted by atomic mass is 10.1. The molecule has 0 radical (unpaired) electrons. The number of piperidine rings is 1. The fourth-order valence-electron chi connectivity index (χ4n) is 3.28. The number of benzene rings is 1. The van der Waals surface area contributed by atoms with Gasteiger partial charge in [-0.3, -0.25) is 0 Å². The zero-order valence-corrected chi connectivity index (χ0v) is 14.3. The van der Waals surface area contributed by atoms with E-state index in [-0.39, 0.29) is 18.2 Å². The topological polar surface area (TPSA) is 30.9 Å². The summed E-state index contributed by atoms with van der Waals surface area (Å²) < 4.78 is 30.8. The molecule has 1 atom stereocenters. The van der Waals surface area contributed by atoms with Crippen LogP contribution in [0.4, 0.5) is 4.39 Å². The van der Waals surface area contributed by atoms with Crippen molar-refractivity contribution in [3.05, 3.63) is 35.6 Å². The van der Waals surface area contributed by atoms with Crippen LogP contribution in [0.3, 0.4) is 0 Å². The van der Waals surface area contributed by atoms with Crippen molar-refractivity contribution in [3.63, 3.8) is 0 Å². The second-order valence-electron chi connectivity index (χ2n) is 6.61. The molecule has 2 fully saturated rings. The van der Waals surface area contributed by atoms with Crippen LogP contribution in [0.15, 0.2) is 24.3 Å². The monoisotopic (exact) mass is 337 g/mol. The first-order valence-electron chi connectivity index (χ1n) is 9.12. The van der Waals surface area contributed by atoms with Crippen LogP contribution in [0.25, 0.3) is 0 Å². The highest BCUT2D eigenvalue weighted by molar-refractivity contribution is 5.16. The van der Waals surface area contributed by atoms with Crippen molar-refractivity contribution in [1.82, 2.24) is 4.90 Å². The second kappa shape index (κ2) is 9.47. The molecule has 24 heavy (non-hydrogen) atoms. The molecule has 134 valence electrons. The van der Waals surface area contributed by atoms with Gasteiger partial charge < -0.3 is 19.1 Å². The SMILES string of the molecule is Fc1ccccc1COC1CCN(CCO[C@@H]2CCCCO2)CC1. The fourth-order valence-corrected chi connectivity index (χ4v) is 3.28. The lowest BCUT2D eigenvalue weighted by Crippen LogP contribution is -2.39. The van der Waals surface area contributed by atoms with Crippen LogP contribution in [0.1, 0.15) is 37.7 Å². The highest BCUT2D eigenvalue weighted by Gasteiger charge is 2.20. The van der Waals surface area contributed by atoms with Crippen LogP contribution in [0.5, 0.6) is 0 Å². The summed E-state index contributed by atoms with van der Waals surface area (Å²) in [7, 11) is 0. The Morgan fingerprint density at radius 3 is 2.67 bits per heavy atom. The number of hydrogen-bond acceptors (Lipinski definition) is 4. The van der Waals surface area contributed by atoms with E-state index < -0.39 is 0 Å². The van der Waals surface area contributed by atoms with Crippen molar-refractivity contribution >= 4 is 0 Å². The van der Waals surface area contributed by atoms with E-state index >= 15 is 0 Å². The number of hydrogen-bond donors (Lipinski definition) is 0. The van der Waals surface area contributed by atoms with Gasteiger partial charge in [0.25, 0.3) is 0 Å². The summed E-state index contributed by atoms with van der Waals surface area (Å²) >= 11 is 0. The Morgan fingerprint density at radius 1 is 1.08 bits per heavy atom. The third-order valence-electron chi connectivity index (χ3n) is 4.82. The molecule has 0 unspecified atom stereocenters. The molecular weight excluding hydrogens is 309 g/mol. The van der Waals surface area contributed by atoms with E-state index in [1.54, 1.807) is 12.1 Å². The molecule has 1 aromatic rings. The van der Waals surface area contributed by atoms with Gasteiger partial charge in [-0.1, -0.05) is 18.2 Å². The molecule has 0 spiro atoms. The average molecular weight is 337 g/mol.